The summed E-state index contributed by atoms with van der Waals surface area (Å²) in [6.07, 6.45) is 0.966. The first-order valence-electron chi connectivity index (χ1n) is 3.82. The Morgan fingerprint density at radius 2 is 1.18 bits per heavy atom. The van der Waals surface area contributed by atoms with E-state index in [0.717, 1.165) is 6.08 Å². The fourth-order valence-electron chi connectivity index (χ4n) is 0.922. The third kappa shape index (κ3) is 3.64. The van der Waals surface area contributed by atoms with E-state index in [9.17, 15) is 8.42 Å². The van der Waals surface area contributed by atoms with E-state index in [4.69, 9.17) is 62.6 Å². The Bertz CT molecular complexity index is 565. The lowest BCUT2D eigenvalue weighted by molar-refractivity contribution is 0.494. The van der Waals surface area contributed by atoms with Crippen LogP contribution in [-0.4, -0.2) is 13.0 Å². The number of halogens is 5. The summed E-state index contributed by atoms with van der Waals surface area (Å²) in [5.74, 6) is 0. The van der Waals surface area contributed by atoms with Gasteiger partial charge >= 0.3 is 0 Å². The lowest BCUT2D eigenvalue weighted by Gasteiger charge is -2.08. The topological polar surface area (TPSA) is 54.4 Å². The molecule has 0 amide bonds. The highest BCUT2D eigenvalue weighted by molar-refractivity contribution is 7.88. The molecule has 1 aromatic carbocycles. The van der Waals surface area contributed by atoms with Gasteiger partial charge in [-0.15, -0.1) is 0 Å². The first-order chi connectivity index (χ1) is 7.65. The summed E-state index contributed by atoms with van der Waals surface area (Å²) >= 11 is 28.9. The molecule has 0 aliphatic rings. The zero-order valence-corrected chi connectivity index (χ0v) is 12.3. The van der Waals surface area contributed by atoms with Gasteiger partial charge in [0.15, 0.2) is 0 Å². The monoisotopic (exact) mass is 354 g/mol. The van der Waals surface area contributed by atoms with Gasteiger partial charge < -0.3 is 0 Å². The first-order valence-corrected chi connectivity index (χ1v) is 7.21. The highest BCUT2D eigenvalue weighted by Crippen LogP contribution is 2.44. The van der Waals surface area contributed by atoms with Gasteiger partial charge in [-0.05, 0) is 6.08 Å². The average molecular weight is 356 g/mol. The van der Waals surface area contributed by atoms with Crippen molar-refractivity contribution in [2.24, 2.45) is 0 Å². The lowest BCUT2D eigenvalue weighted by Crippen LogP contribution is -1.90. The molecule has 1 aromatic rings. The number of hydrogen-bond donors (Lipinski definition) is 1. The van der Waals surface area contributed by atoms with Crippen molar-refractivity contribution < 1.29 is 13.0 Å². The van der Waals surface area contributed by atoms with Crippen LogP contribution in [0.25, 0.3) is 6.08 Å². The second kappa shape index (κ2) is 5.53. The van der Waals surface area contributed by atoms with Gasteiger partial charge in [-0.25, -0.2) is 0 Å². The molecule has 3 nitrogen and oxygen atoms in total. The predicted octanol–water partition coefficient (Wildman–Crippen LogP) is 4.81. The first kappa shape index (κ1) is 15.4. The number of hydrogen-bond acceptors (Lipinski definition) is 2. The molecule has 9 heteroatoms. The van der Waals surface area contributed by atoms with E-state index in [1.54, 1.807) is 0 Å². The Morgan fingerprint density at radius 3 is 1.53 bits per heavy atom. The van der Waals surface area contributed by atoms with Crippen LogP contribution in [0.5, 0.6) is 0 Å². The highest BCUT2D eigenvalue weighted by atomic mass is 35.5. The minimum Gasteiger partial charge on any atom is -0.282 e. The molecule has 1 rings (SSSR count). The Labute approximate surface area is 123 Å². The van der Waals surface area contributed by atoms with Gasteiger partial charge in [-0.3, -0.25) is 4.55 Å². The van der Waals surface area contributed by atoms with E-state index in [2.05, 4.69) is 0 Å². The van der Waals surface area contributed by atoms with Gasteiger partial charge in [0.05, 0.1) is 30.5 Å². The zero-order valence-electron chi connectivity index (χ0n) is 7.72. The zero-order chi connectivity index (χ0) is 13.4. The van der Waals surface area contributed by atoms with E-state index in [-0.39, 0.29) is 30.7 Å². The van der Waals surface area contributed by atoms with Crippen molar-refractivity contribution in [3.05, 3.63) is 36.1 Å². The highest BCUT2D eigenvalue weighted by Gasteiger charge is 2.17. The maximum Gasteiger partial charge on any atom is 0.287 e. The van der Waals surface area contributed by atoms with Crippen molar-refractivity contribution in [2.75, 3.05) is 0 Å². The molecule has 0 aliphatic heterocycles. The lowest BCUT2D eigenvalue weighted by atomic mass is 10.2. The van der Waals surface area contributed by atoms with Crippen LogP contribution in [-0.2, 0) is 10.1 Å². The maximum atomic E-state index is 10.6. The third-order valence-corrected chi connectivity index (χ3v) is 4.44. The molecule has 0 aromatic heterocycles. The minimum absolute atomic E-state index is 0.0349. The Hall–Kier alpha value is 0.320. The molecular weight excluding hydrogens is 353 g/mol. The van der Waals surface area contributed by atoms with Gasteiger partial charge in [0, 0.05) is 5.56 Å². The summed E-state index contributed by atoms with van der Waals surface area (Å²) < 4.78 is 29.7. The summed E-state index contributed by atoms with van der Waals surface area (Å²) in [5, 5.41) is 0.223. The summed E-state index contributed by atoms with van der Waals surface area (Å²) in [5.41, 5.74) is 0.0466. The number of rotatable bonds is 2. The van der Waals surface area contributed by atoms with Crippen LogP contribution in [0.15, 0.2) is 5.41 Å². The van der Waals surface area contributed by atoms with Crippen LogP contribution >= 0.6 is 58.0 Å². The molecule has 94 valence electrons. The summed E-state index contributed by atoms with van der Waals surface area (Å²) in [7, 11) is -4.31. The van der Waals surface area contributed by atoms with Gasteiger partial charge in [0.2, 0.25) is 0 Å². The molecule has 0 aliphatic carbocycles. The summed E-state index contributed by atoms with van der Waals surface area (Å²) in [6, 6.07) is 0. The quantitative estimate of drug-likeness (QED) is 0.470. The SMILES string of the molecule is O=S(=O)(O)C=Cc1c(Cl)c(Cl)c(Cl)c(Cl)c1Cl. The minimum atomic E-state index is -4.31. The van der Waals surface area contributed by atoms with Crippen molar-refractivity contribution >= 4 is 74.2 Å². The van der Waals surface area contributed by atoms with Crippen molar-refractivity contribution in [3.8, 4) is 0 Å². The fourth-order valence-corrected chi connectivity index (χ4v) is 2.51. The average Bonchev–Trinajstić information content (AvgIpc) is 2.22. The molecule has 1 N–H and O–H groups in total. The Balaban J connectivity index is 3.51. The molecule has 17 heavy (non-hydrogen) atoms. The normalized spacial score (nSPS) is 12.4. The molecule has 0 saturated heterocycles. The second-order valence-electron chi connectivity index (χ2n) is 2.80. The van der Waals surface area contributed by atoms with Crippen LogP contribution < -0.4 is 0 Å². The molecule has 0 heterocycles. The van der Waals surface area contributed by atoms with Crippen molar-refractivity contribution in [2.45, 2.75) is 0 Å². The number of benzene rings is 1. The largest absolute Gasteiger partial charge is 0.287 e. The predicted molar refractivity (Wildman–Crippen MR) is 72.1 cm³/mol. The van der Waals surface area contributed by atoms with Crippen LogP contribution in [0.3, 0.4) is 0 Å². The van der Waals surface area contributed by atoms with E-state index in [1.807, 2.05) is 0 Å². The van der Waals surface area contributed by atoms with Crippen LogP contribution in [0.4, 0.5) is 0 Å². The molecule has 0 fully saturated rings. The standard InChI is InChI=1S/C8H3Cl5O3S/c9-4-3(1-2-17(14,15)16)5(10)7(12)8(13)6(4)11/h1-2H,(H,14,15,16). The van der Waals surface area contributed by atoms with E-state index >= 15 is 0 Å². The molecule has 0 unspecified atom stereocenters. The van der Waals surface area contributed by atoms with E-state index < -0.39 is 10.1 Å². The molecular formula is C8H3Cl5O3S. The van der Waals surface area contributed by atoms with Crippen LogP contribution in [0.1, 0.15) is 5.56 Å². The molecule has 0 atom stereocenters. The van der Waals surface area contributed by atoms with Crippen molar-refractivity contribution in [1.29, 1.82) is 0 Å². The maximum absolute atomic E-state index is 10.6. The van der Waals surface area contributed by atoms with E-state index in [1.165, 1.54) is 0 Å². The molecule has 0 radical (unpaired) electrons. The molecule has 0 spiro atoms. The van der Waals surface area contributed by atoms with Gasteiger partial charge in [-0.2, -0.15) is 8.42 Å². The molecule has 0 saturated carbocycles. The van der Waals surface area contributed by atoms with Crippen LogP contribution in [0, 0.1) is 0 Å². The van der Waals surface area contributed by atoms with Crippen molar-refractivity contribution in [3.63, 3.8) is 0 Å². The summed E-state index contributed by atoms with van der Waals surface area (Å²) in [4.78, 5) is 0. The fraction of sp³-hybridized carbons (Fsp3) is 0. The van der Waals surface area contributed by atoms with Crippen LogP contribution in [0.2, 0.25) is 25.1 Å². The third-order valence-electron chi connectivity index (χ3n) is 1.65. The molecule has 0 bridgehead atoms. The second-order valence-corrected chi connectivity index (χ2v) is 5.99. The van der Waals surface area contributed by atoms with Gasteiger partial charge in [0.25, 0.3) is 10.1 Å². The van der Waals surface area contributed by atoms with E-state index in [0.29, 0.717) is 5.41 Å². The smallest absolute Gasteiger partial charge is 0.282 e. The Morgan fingerprint density at radius 1 is 0.824 bits per heavy atom. The van der Waals surface area contributed by atoms with Gasteiger partial charge in [-0.1, -0.05) is 58.0 Å². The van der Waals surface area contributed by atoms with Gasteiger partial charge in [0.1, 0.15) is 0 Å². The van der Waals surface area contributed by atoms with Crippen molar-refractivity contribution in [1.82, 2.24) is 0 Å². The Kier molecular flexibility index (Phi) is 5.00. The summed E-state index contributed by atoms with van der Waals surface area (Å²) in [6.45, 7) is 0.